The fourth-order valence-corrected chi connectivity index (χ4v) is 4.22. The molecule has 136 valence electrons. The zero-order valence-corrected chi connectivity index (χ0v) is 17.0. The lowest BCUT2D eigenvalue weighted by Crippen LogP contribution is -2.15. The number of anilines is 1. The van der Waals surface area contributed by atoms with E-state index in [1.54, 1.807) is 18.2 Å². The van der Waals surface area contributed by atoms with E-state index in [2.05, 4.69) is 25.8 Å². The molecule has 0 unspecified atom stereocenters. The first-order valence-corrected chi connectivity index (χ1v) is 10.6. The van der Waals surface area contributed by atoms with E-state index in [1.807, 2.05) is 54.9 Å². The fraction of sp³-hybridized carbons (Fsp3) is 0.211. The van der Waals surface area contributed by atoms with Gasteiger partial charge < -0.3 is 0 Å². The molecule has 1 aromatic heterocycles. The first-order valence-electron chi connectivity index (χ1n) is 8.17. The van der Waals surface area contributed by atoms with Crippen molar-refractivity contribution < 1.29 is 8.42 Å². The van der Waals surface area contributed by atoms with Gasteiger partial charge in [-0.15, -0.1) is 0 Å². The topological polar surface area (TPSA) is 64.0 Å². The Bertz CT molecular complexity index is 1010. The summed E-state index contributed by atoms with van der Waals surface area (Å²) >= 11 is 3.52. The minimum Gasteiger partial charge on any atom is -0.283 e. The van der Waals surface area contributed by atoms with Crippen molar-refractivity contribution in [3.8, 4) is 0 Å². The summed E-state index contributed by atoms with van der Waals surface area (Å²) in [4.78, 5) is 0. The monoisotopic (exact) mass is 433 g/mol. The van der Waals surface area contributed by atoms with Crippen LogP contribution in [0.15, 0.2) is 59.1 Å². The average molecular weight is 434 g/mol. The van der Waals surface area contributed by atoms with E-state index in [-0.39, 0.29) is 5.75 Å². The number of rotatable bonds is 6. The number of nitrogens with zero attached hydrogens (tertiary/aromatic N) is 2. The second-order valence-corrected chi connectivity index (χ2v) is 8.70. The molecule has 0 aliphatic carbocycles. The Morgan fingerprint density at radius 1 is 1.04 bits per heavy atom. The van der Waals surface area contributed by atoms with Gasteiger partial charge in [0.15, 0.2) is 0 Å². The molecule has 1 heterocycles. The van der Waals surface area contributed by atoms with Crippen LogP contribution in [0, 0.1) is 13.8 Å². The molecule has 0 fully saturated rings. The molecule has 26 heavy (non-hydrogen) atoms. The summed E-state index contributed by atoms with van der Waals surface area (Å²) in [6.45, 7) is 4.52. The predicted octanol–water partition coefficient (Wildman–Crippen LogP) is 4.25. The molecule has 3 aromatic rings. The molecule has 0 aliphatic rings. The highest BCUT2D eigenvalue weighted by Gasteiger charge is 2.13. The van der Waals surface area contributed by atoms with Gasteiger partial charge >= 0.3 is 0 Å². The van der Waals surface area contributed by atoms with Crippen molar-refractivity contribution in [3.05, 3.63) is 81.6 Å². The molecule has 0 radical (unpaired) electrons. The third-order valence-corrected chi connectivity index (χ3v) is 6.43. The molecular weight excluding hydrogens is 414 g/mol. The van der Waals surface area contributed by atoms with E-state index in [0.29, 0.717) is 12.2 Å². The minimum atomic E-state index is -3.47. The quantitative estimate of drug-likeness (QED) is 0.631. The number of aromatic nitrogens is 2. The first kappa shape index (κ1) is 18.7. The van der Waals surface area contributed by atoms with Crippen LogP contribution in [-0.4, -0.2) is 18.2 Å². The molecule has 0 aliphatic heterocycles. The maximum Gasteiger partial charge on any atom is 0.236 e. The molecule has 0 saturated heterocycles. The summed E-state index contributed by atoms with van der Waals surface area (Å²) in [6.07, 6.45) is 0. The van der Waals surface area contributed by atoms with E-state index < -0.39 is 10.0 Å². The smallest absolute Gasteiger partial charge is 0.236 e. The van der Waals surface area contributed by atoms with Gasteiger partial charge in [0.2, 0.25) is 10.0 Å². The van der Waals surface area contributed by atoms with E-state index in [0.717, 1.165) is 27.0 Å². The van der Waals surface area contributed by atoms with Crippen LogP contribution in [0.25, 0.3) is 0 Å². The third-order valence-electron chi connectivity index (χ3n) is 4.03. The Kier molecular flexibility index (Phi) is 5.48. The zero-order valence-electron chi connectivity index (χ0n) is 14.6. The van der Waals surface area contributed by atoms with Gasteiger partial charge in [-0.1, -0.05) is 42.5 Å². The van der Waals surface area contributed by atoms with Crippen LogP contribution in [0.5, 0.6) is 0 Å². The van der Waals surface area contributed by atoms with Gasteiger partial charge in [0.25, 0.3) is 0 Å². The summed E-state index contributed by atoms with van der Waals surface area (Å²) in [5.74, 6) is -0.0531. The third kappa shape index (κ3) is 4.53. The number of hydrogen-bond donors (Lipinski definition) is 1. The SMILES string of the molecule is Cc1nn(Cc2cccc(NS(=O)(=O)Cc3ccccc3)c2)c(C)c1Br. The van der Waals surface area contributed by atoms with E-state index >= 15 is 0 Å². The van der Waals surface area contributed by atoms with Crippen molar-refractivity contribution in [3.63, 3.8) is 0 Å². The second kappa shape index (κ2) is 7.63. The maximum absolute atomic E-state index is 12.4. The van der Waals surface area contributed by atoms with Crippen LogP contribution in [0.2, 0.25) is 0 Å². The Morgan fingerprint density at radius 3 is 2.38 bits per heavy atom. The van der Waals surface area contributed by atoms with E-state index in [1.165, 1.54) is 0 Å². The lowest BCUT2D eigenvalue weighted by Gasteiger charge is -2.10. The average Bonchev–Trinajstić information content (AvgIpc) is 2.82. The lowest BCUT2D eigenvalue weighted by atomic mass is 10.2. The Morgan fingerprint density at radius 2 is 1.73 bits per heavy atom. The van der Waals surface area contributed by atoms with Crippen LogP contribution in [0.4, 0.5) is 5.69 Å². The molecule has 2 aromatic carbocycles. The zero-order chi connectivity index (χ0) is 18.7. The molecule has 7 heteroatoms. The van der Waals surface area contributed by atoms with Gasteiger partial charge in [0.05, 0.1) is 28.2 Å². The molecular formula is C19H20BrN3O2S. The van der Waals surface area contributed by atoms with E-state index in [9.17, 15) is 8.42 Å². The number of aryl methyl sites for hydroxylation is 1. The molecule has 0 saturated carbocycles. The number of nitrogens with one attached hydrogen (secondary N) is 1. The highest BCUT2D eigenvalue weighted by atomic mass is 79.9. The van der Waals surface area contributed by atoms with Gasteiger partial charge in [-0.05, 0) is 53.0 Å². The van der Waals surface area contributed by atoms with Crippen molar-refractivity contribution in [2.24, 2.45) is 0 Å². The van der Waals surface area contributed by atoms with Crippen molar-refractivity contribution in [1.29, 1.82) is 0 Å². The van der Waals surface area contributed by atoms with E-state index in [4.69, 9.17) is 0 Å². The van der Waals surface area contributed by atoms with Crippen molar-refractivity contribution >= 4 is 31.6 Å². The highest BCUT2D eigenvalue weighted by Crippen LogP contribution is 2.21. The molecule has 0 bridgehead atoms. The summed E-state index contributed by atoms with van der Waals surface area (Å²) in [5.41, 5.74) is 4.26. The first-order chi connectivity index (χ1) is 12.3. The lowest BCUT2D eigenvalue weighted by molar-refractivity contribution is 0.600. The summed E-state index contributed by atoms with van der Waals surface area (Å²) in [5, 5.41) is 4.50. The largest absolute Gasteiger partial charge is 0.283 e. The van der Waals surface area contributed by atoms with Crippen molar-refractivity contribution in [1.82, 2.24) is 9.78 Å². The van der Waals surface area contributed by atoms with Gasteiger partial charge in [0.1, 0.15) is 0 Å². The number of halogens is 1. The fourth-order valence-electron chi connectivity index (χ4n) is 2.74. The van der Waals surface area contributed by atoms with Crippen molar-refractivity contribution in [2.75, 3.05) is 4.72 Å². The van der Waals surface area contributed by atoms with Crippen LogP contribution in [-0.2, 0) is 22.3 Å². The van der Waals surface area contributed by atoms with Gasteiger partial charge in [-0.25, -0.2) is 8.42 Å². The Balaban J connectivity index is 1.75. The molecule has 0 amide bonds. The predicted molar refractivity (Wildman–Crippen MR) is 108 cm³/mol. The molecule has 0 atom stereocenters. The number of sulfonamides is 1. The highest BCUT2D eigenvalue weighted by molar-refractivity contribution is 9.10. The summed E-state index contributed by atoms with van der Waals surface area (Å²) < 4.78 is 30.4. The van der Waals surface area contributed by atoms with Gasteiger partial charge in [-0.3, -0.25) is 9.40 Å². The minimum absolute atomic E-state index is 0.0531. The van der Waals surface area contributed by atoms with Gasteiger partial charge in [0, 0.05) is 5.69 Å². The Labute approximate surface area is 162 Å². The van der Waals surface area contributed by atoms with Crippen molar-refractivity contribution in [2.45, 2.75) is 26.1 Å². The maximum atomic E-state index is 12.4. The number of benzene rings is 2. The standard InChI is InChI=1S/C19H20BrN3O2S/c1-14-19(20)15(2)23(21-14)12-17-9-6-10-18(11-17)22-26(24,25)13-16-7-4-3-5-8-16/h3-11,22H,12-13H2,1-2H3. The second-order valence-electron chi connectivity index (χ2n) is 6.19. The van der Waals surface area contributed by atoms with Crippen LogP contribution in [0.3, 0.4) is 0 Å². The normalized spacial score (nSPS) is 11.5. The molecule has 0 spiro atoms. The Hall–Kier alpha value is -2.12. The van der Waals surface area contributed by atoms with Crippen LogP contribution < -0.4 is 4.72 Å². The molecule has 3 rings (SSSR count). The summed E-state index contributed by atoms with van der Waals surface area (Å²) in [6, 6.07) is 16.5. The molecule has 1 N–H and O–H groups in total. The van der Waals surface area contributed by atoms with Gasteiger partial charge in [-0.2, -0.15) is 5.10 Å². The number of hydrogen-bond acceptors (Lipinski definition) is 3. The summed E-state index contributed by atoms with van der Waals surface area (Å²) in [7, 11) is -3.47. The van der Waals surface area contributed by atoms with Crippen LogP contribution in [0.1, 0.15) is 22.5 Å². The van der Waals surface area contributed by atoms with Crippen LogP contribution >= 0.6 is 15.9 Å². The molecule has 5 nitrogen and oxygen atoms in total.